The summed E-state index contributed by atoms with van der Waals surface area (Å²) in [5.74, 6) is 0.267. The zero-order chi connectivity index (χ0) is 21.7. The van der Waals surface area contributed by atoms with Crippen LogP contribution >= 0.6 is 11.3 Å². The van der Waals surface area contributed by atoms with Gasteiger partial charge in [0.05, 0.1) is 10.4 Å². The molecule has 2 aromatic carbocycles. The first kappa shape index (κ1) is 19.8. The fraction of sp³-hybridized carbons (Fsp3) is 0.280. The van der Waals surface area contributed by atoms with Gasteiger partial charge in [-0.25, -0.2) is 0 Å². The van der Waals surface area contributed by atoms with Gasteiger partial charge in [0.15, 0.2) is 0 Å². The van der Waals surface area contributed by atoms with E-state index in [9.17, 15) is 9.59 Å². The van der Waals surface area contributed by atoms with Crippen LogP contribution in [0.4, 0.5) is 0 Å². The number of benzene rings is 2. The Bertz CT molecular complexity index is 1320. The molecule has 1 atom stereocenters. The van der Waals surface area contributed by atoms with E-state index >= 15 is 0 Å². The van der Waals surface area contributed by atoms with Crippen LogP contribution in [0.15, 0.2) is 54.7 Å². The van der Waals surface area contributed by atoms with Gasteiger partial charge in [-0.15, -0.1) is 11.3 Å². The zero-order valence-electron chi connectivity index (χ0n) is 18.0. The second kappa shape index (κ2) is 7.54. The predicted molar refractivity (Wildman–Crippen MR) is 126 cm³/mol. The topological polar surface area (TPSA) is 45.6 Å². The van der Waals surface area contributed by atoms with Gasteiger partial charge in [0, 0.05) is 62.0 Å². The molecule has 4 aromatic rings. The molecule has 158 valence electrons. The minimum Gasteiger partial charge on any atom is -0.350 e. The second-order valence-electron chi connectivity index (χ2n) is 8.45. The van der Waals surface area contributed by atoms with Gasteiger partial charge in [-0.1, -0.05) is 36.4 Å². The van der Waals surface area contributed by atoms with Gasteiger partial charge in [-0.3, -0.25) is 9.59 Å². The van der Waals surface area contributed by atoms with Crippen molar-refractivity contribution in [3.8, 4) is 0 Å². The second-order valence-corrected chi connectivity index (χ2v) is 9.50. The van der Waals surface area contributed by atoms with Crippen LogP contribution in [0.5, 0.6) is 0 Å². The standard InChI is InChI=1S/C25H25N3O2S/c1-26(2)25(30)23-22(18-9-5-7-11-21(18)31-23)16-12-13-28(14-16)24(29)19-15-27(3)20-10-6-4-8-17(19)20/h4-11,15-16H,12-14H2,1-3H3. The number of aromatic nitrogens is 1. The highest BCUT2D eigenvalue weighted by Gasteiger charge is 2.34. The fourth-order valence-electron chi connectivity index (χ4n) is 4.70. The number of hydrogen-bond acceptors (Lipinski definition) is 3. The lowest BCUT2D eigenvalue weighted by Gasteiger charge is -2.18. The normalized spacial score (nSPS) is 16.4. The quantitative estimate of drug-likeness (QED) is 0.471. The van der Waals surface area contributed by atoms with Crippen LogP contribution < -0.4 is 0 Å². The van der Waals surface area contributed by atoms with Crippen molar-refractivity contribution >= 4 is 44.1 Å². The molecule has 5 rings (SSSR count). The van der Waals surface area contributed by atoms with Crippen molar-refractivity contribution in [1.82, 2.24) is 14.4 Å². The average molecular weight is 432 g/mol. The predicted octanol–water partition coefficient (Wildman–Crippen LogP) is 4.72. The van der Waals surface area contributed by atoms with E-state index in [1.807, 2.05) is 59.1 Å². The molecular weight excluding hydrogens is 406 g/mol. The molecular formula is C25H25N3O2S. The number of aryl methyl sites for hydroxylation is 1. The van der Waals surface area contributed by atoms with Crippen LogP contribution in [-0.4, -0.2) is 53.4 Å². The summed E-state index contributed by atoms with van der Waals surface area (Å²) in [7, 11) is 5.56. The number of amides is 2. The molecule has 1 aliphatic rings. The van der Waals surface area contributed by atoms with Gasteiger partial charge in [-0.05, 0) is 29.5 Å². The molecule has 0 aliphatic carbocycles. The molecule has 3 heterocycles. The summed E-state index contributed by atoms with van der Waals surface area (Å²) in [4.78, 5) is 30.7. The average Bonchev–Trinajstić information content (AvgIpc) is 3.48. The summed E-state index contributed by atoms with van der Waals surface area (Å²) < 4.78 is 3.14. The third-order valence-electron chi connectivity index (χ3n) is 6.25. The maximum atomic E-state index is 13.4. The smallest absolute Gasteiger partial charge is 0.263 e. The van der Waals surface area contributed by atoms with Crippen LogP contribution in [-0.2, 0) is 7.05 Å². The van der Waals surface area contributed by atoms with Crippen molar-refractivity contribution < 1.29 is 9.59 Å². The van der Waals surface area contributed by atoms with Gasteiger partial charge in [0.1, 0.15) is 0 Å². The molecule has 0 radical (unpaired) electrons. The highest BCUT2D eigenvalue weighted by Crippen LogP contribution is 2.41. The van der Waals surface area contributed by atoms with E-state index in [0.717, 1.165) is 43.4 Å². The van der Waals surface area contributed by atoms with E-state index < -0.39 is 0 Å². The van der Waals surface area contributed by atoms with Crippen molar-refractivity contribution in [2.45, 2.75) is 12.3 Å². The fourth-order valence-corrected chi connectivity index (χ4v) is 6.01. The highest BCUT2D eigenvalue weighted by atomic mass is 32.1. The van der Waals surface area contributed by atoms with Gasteiger partial charge in [-0.2, -0.15) is 0 Å². The van der Waals surface area contributed by atoms with Crippen molar-refractivity contribution in [3.63, 3.8) is 0 Å². The van der Waals surface area contributed by atoms with E-state index in [2.05, 4.69) is 12.1 Å². The van der Waals surface area contributed by atoms with Crippen LogP contribution in [0.3, 0.4) is 0 Å². The van der Waals surface area contributed by atoms with E-state index in [-0.39, 0.29) is 17.7 Å². The van der Waals surface area contributed by atoms with E-state index in [0.29, 0.717) is 13.1 Å². The number of para-hydroxylation sites is 1. The molecule has 0 spiro atoms. The molecule has 6 heteroatoms. The van der Waals surface area contributed by atoms with Crippen LogP contribution in [0, 0.1) is 0 Å². The lowest BCUT2D eigenvalue weighted by molar-refractivity contribution is 0.0792. The van der Waals surface area contributed by atoms with Crippen LogP contribution in [0.25, 0.3) is 21.0 Å². The molecule has 31 heavy (non-hydrogen) atoms. The first-order valence-electron chi connectivity index (χ1n) is 10.5. The minimum atomic E-state index is 0.0371. The molecule has 5 nitrogen and oxygen atoms in total. The maximum Gasteiger partial charge on any atom is 0.263 e. The number of hydrogen-bond donors (Lipinski definition) is 0. The monoisotopic (exact) mass is 431 g/mol. The lowest BCUT2D eigenvalue weighted by Crippen LogP contribution is -2.28. The number of nitrogens with zero attached hydrogens (tertiary/aromatic N) is 3. The Morgan fingerprint density at radius 3 is 2.52 bits per heavy atom. The number of thiophene rings is 1. The Hall–Kier alpha value is -3.12. The Morgan fingerprint density at radius 2 is 1.74 bits per heavy atom. The van der Waals surface area contributed by atoms with Crippen LogP contribution in [0.2, 0.25) is 0 Å². The van der Waals surface area contributed by atoms with Gasteiger partial charge < -0.3 is 14.4 Å². The zero-order valence-corrected chi connectivity index (χ0v) is 18.8. The SMILES string of the molecule is CN(C)C(=O)c1sc2ccccc2c1C1CCN(C(=O)c2cn(C)c3ccccc23)C1. The summed E-state index contributed by atoms with van der Waals surface area (Å²) in [6, 6.07) is 16.2. The van der Waals surface area contributed by atoms with Gasteiger partial charge in [0.2, 0.25) is 0 Å². The van der Waals surface area contributed by atoms with E-state index in [1.165, 1.54) is 0 Å². The van der Waals surface area contributed by atoms with E-state index in [4.69, 9.17) is 0 Å². The molecule has 2 amide bonds. The Kier molecular flexibility index (Phi) is 4.82. The number of carbonyl (C=O) groups excluding carboxylic acids is 2. The third kappa shape index (κ3) is 3.22. The Labute approximate surface area is 185 Å². The molecule has 0 saturated carbocycles. The van der Waals surface area contributed by atoms with Gasteiger partial charge in [0.25, 0.3) is 11.8 Å². The first-order chi connectivity index (χ1) is 15.0. The van der Waals surface area contributed by atoms with Crippen molar-refractivity contribution in [2.75, 3.05) is 27.2 Å². The summed E-state index contributed by atoms with van der Waals surface area (Å²) in [6.45, 7) is 1.34. The Morgan fingerprint density at radius 1 is 1.03 bits per heavy atom. The lowest BCUT2D eigenvalue weighted by atomic mass is 9.95. The molecule has 1 unspecified atom stereocenters. The van der Waals surface area contributed by atoms with Gasteiger partial charge >= 0.3 is 0 Å². The molecule has 1 aliphatic heterocycles. The molecule has 0 N–H and O–H groups in total. The summed E-state index contributed by atoms with van der Waals surface area (Å²) in [5.41, 5.74) is 2.91. The summed E-state index contributed by atoms with van der Waals surface area (Å²) in [5, 5.41) is 2.13. The summed E-state index contributed by atoms with van der Waals surface area (Å²) in [6.07, 6.45) is 2.80. The van der Waals surface area contributed by atoms with Crippen LogP contribution in [0.1, 0.15) is 37.9 Å². The van der Waals surface area contributed by atoms with Crippen molar-refractivity contribution in [2.24, 2.45) is 7.05 Å². The number of carbonyl (C=O) groups is 2. The first-order valence-corrected chi connectivity index (χ1v) is 11.3. The van der Waals surface area contributed by atoms with E-state index in [1.54, 1.807) is 30.3 Å². The largest absolute Gasteiger partial charge is 0.350 e. The summed E-state index contributed by atoms with van der Waals surface area (Å²) >= 11 is 1.56. The minimum absolute atomic E-state index is 0.0371. The maximum absolute atomic E-state index is 13.4. The molecule has 1 fully saturated rings. The molecule has 0 bridgehead atoms. The number of rotatable bonds is 3. The van der Waals surface area contributed by atoms with Crippen molar-refractivity contribution in [1.29, 1.82) is 0 Å². The Balaban J connectivity index is 1.50. The molecule has 1 saturated heterocycles. The third-order valence-corrected chi connectivity index (χ3v) is 7.42. The van der Waals surface area contributed by atoms with Crippen molar-refractivity contribution in [3.05, 3.63) is 70.7 Å². The number of likely N-dealkylation sites (tertiary alicyclic amines) is 1. The highest BCUT2D eigenvalue weighted by molar-refractivity contribution is 7.21. The molecule has 2 aromatic heterocycles. The number of fused-ring (bicyclic) bond motifs is 2.